The average Bonchev–Trinajstić information content (AvgIpc) is 2.99. The summed E-state index contributed by atoms with van der Waals surface area (Å²) in [6, 6.07) is 12.4. The number of para-hydroxylation sites is 2. The Morgan fingerprint density at radius 2 is 2.09 bits per heavy atom. The van der Waals surface area contributed by atoms with Crippen LogP contribution in [-0.4, -0.2) is 23.0 Å². The molecule has 0 aliphatic rings. The number of imidazole rings is 1. The number of carbonyl (C=O) groups is 1. The molecule has 118 valence electrons. The Balaban J connectivity index is 1.83. The molecule has 5 nitrogen and oxygen atoms in total. The molecule has 3 aromatic rings. The predicted octanol–water partition coefficient (Wildman–Crippen LogP) is 3.72. The SMILES string of the molecule is COc1ccc(Cl)cc1C(=O)N[C@@H](C)c1nc2ccccc2[nH]1. The molecule has 1 aromatic heterocycles. The fourth-order valence-electron chi connectivity index (χ4n) is 2.38. The first-order valence-electron chi connectivity index (χ1n) is 7.17. The van der Waals surface area contributed by atoms with Gasteiger partial charge in [0, 0.05) is 5.02 Å². The molecule has 0 aliphatic carbocycles. The van der Waals surface area contributed by atoms with Crippen LogP contribution in [0, 0.1) is 0 Å². The number of amides is 1. The van der Waals surface area contributed by atoms with E-state index < -0.39 is 0 Å². The van der Waals surface area contributed by atoms with Gasteiger partial charge in [0.05, 0.1) is 29.7 Å². The summed E-state index contributed by atoms with van der Waals surface area (Å²) in [5.74, 6) is 0.904. The fraction of sp³-hybridized carbons (Fsp3) is 0.176. The molecule has 0 radical (unpaired) electrons. The van der Waals surface area contributed by atoms with Crippen LogP contribution in [-0.2, 0) is 0 Å². The number of aromatic amines is 1. The highest BCUT2D eigenvalue weighted by molar-refractivity contribution is 6.31. The van der Waals surface area contributed by atoms with E-state index in [1.807, 2.05) is 31.2 Å². The van der Waals surface area contributed by atoms with Crippen molar-refractivity contribution in [3.05, 3.63) is 58.9 Å². The van der Waals surface area contributed by atoms with E-state index in [1.54, 1.807) is 18.2 Å². The Bertz CT molecular complexity index is 827. The number of methoxy groups -OCH3 is 1. The third kappa shape index (κ3) is 3.14. The van der Waals surface area contributed by atoms with Gasteiger partial charge in [0.15, 0.2) is 0 Å². The second-order valence-corrected chi connectivity index (χ2v) is 5.62. The van der Waals surface area contributed by atoms with Crippen molar-refractivity contribution < 1.29 is 9.53 Å². The Labute approximate surface area is 138 Å². The van der Waals surface area contributed by atoms with Crippen LogP contribution in [0.3, 0.4) is 0 Å². The first-order valence-corrected chi connectivity index (χ1v) is 7.55. The van der Waals surface area contributed by atoms with E-state index in [1.165, 1.54) is 7.11 Å². The van der Waals surface area contributed by atoms with Crippen molar-refractivity contribution in [3.63, 3.8) is 0 Å². The maximum Gasteiger partial charge on any atom is 0.255 e. The number of hydrogen-bond donors (Lipinski definition) is 2. The molecule has 0 fully saturated rings. The van der Waals surface area contributed by atoms with E-state index in [9.17, 15) is 4.79 Å². The highest BCUT2D eigenvalue weighted by atomic mass is 35.5. The van der Waals surface area contributed by atoms with Crippen LogP contribution in [0.2, 0.25) is 5.02 Å². The van der Waals surface area contributed by atoms with Crippen molar-refractivity contribution >= 4 is 28.5 Å². The summed E-state index contributed by atoms with van der Waals surface area (Å²) in [5.41, 5.74) is 2.19. The van der Waals surface area contributed by atoms with Crippen LogP contribution in [0.15, 0.2) is 42.5 Å². The Hall–Kier alpha value is -2.53. The van der Waals surface area contributed by atoms with Crippen LogP contribution in [0.1, 0.15) is 29.1 Å². The van der Waals surface area contributed by atoms with Gasteiger partial charge in [-0.1, -0.05) is 23.7 Å². The third-order valence-corrected chi connectivity index (χ3v) is 3.81. The molecule has 2 N–H and O–H groups in total. The topological polar surface area (TPSA) is 67.0 Å². The van der Waals surface area contributed by atoms with Gasteiger partial charge in [-0.2, -0.15) is 0 Å². The number of ether oxygens (including phenoxy) is 1. The molecule has 1 heterocycles. The lowest BCUT2D eigenvalue weighted by atomic mass is 10.1. The van der Waals surface area contributed by atoms with E-state index in [0.29, 0.717) is 22.2 Å². The van der Waals surface area contributed by atoms with Gasteiger partial charge < -0.3 is 15.0 Å². The van der Waals surface area contributed by atoms with E-state index in [2.05, 4.69) is 15.3 Å². The largest absolute Gasteiger partial charge is 0.496 e. The van der Waals surface area contributed by atoms with Gasteiger partial charge in [-0.3, -0.25) is 4.79 Å². The number of carbonyl (C=O) groups excluding carboxylic acids is 1. The smallest absolute Gasteiger partial charge is 0.255 e. The van der Waals surface area contributed by atoms with Gasteiger partial charge >= 0.3 is 0 Å². The van der Waals surface area contributed by atoms with Crippen molar-refractivity contribution in [1.29, 1.82) is 0 Å². The number of hydrogen-bond acceptors (Lipinski definition) is 3. The molecule has 23 heavy (non-hydrogen) atoms. The molecule has 3 rings (SSSR count). The number of benzene rings is 2. The molecule has 6 heteroatoms. The number of H-pyrrole nitrogens is 1. The maximum atomic E-state index is 12.5. The zero-order valence-electron chi connectivity index (χ0n) is 12.8. The lowest BCUT2D eigenvalue weighted by Gasteiger charge is -2.13. The van der Waals surface area contributed by atoms with Crippen LogP contribution < -0.4 is 10.1 Å². The fourth-order valence-corrected chi connectivity index (χ4v) is 2.55. The number of rotatable bonds is 4. The Kier molecular flexibility index (Phi) is 4.21. The first kappa shape index (κ1) is 15.4. The summed E-state index contributed by atoms with van der Waals surface area (Å²) >= 11 is 5.97. The van der Waals surface area contributed by atoms with Crippen molar-refractivity contribution in [2.45, 2.75) is 13.0 Å². The van der Waals surface area contributed by atoms with Gasteiger partial charge in [-0.25, -0.2) is 4.98 Å². The predicted molar refractivity (Wildman–Crippen MR) is 90.0 cm³/mol. The Morgan fingerprint density at radius 1 is 1.30 bits per heavy atom. The lowest BCUT2D eigenvalue weighted by Crippen LogP contribution is -2.27. The highest BCUT2D eigenvalue weighted by Crippen LogP contribution is 2.23. The van der Waals surface area contributed by atoms with Crippen molar-refractivity contribution in [3.8, 4) is 5.75 Å². The van der Waals surface area contributed by atoms with E-state index >= 15 is 0 Å². The summed E-state index contributed by atoms with van der Waals surface area (Å²) in [4.78, 5) is 20.2. The number of nitrogens with one attached hydrogen (secondary N) is 2. The zero-order chi connectivity index (χ0) is 16.4. The first-order chi connectivity index (χ1) is 11.1. The van der Waals surface area contributed by atoms with Gasteiger partial charge in [0.1, 0.15) is 11.6 Å². The van der Waals surface area contributed by atoms with Crippen LogP contribution >= 0.6 is 11.6 Å². The number of nitrogens with zero attached hydrogens (tertiary/aromatic N) is 1. The minimum atomic E-state index is -0.279. The number of fused-ring (bicyclic) bond motifs is 1. The van der Waals surface area contributed by atoms with Gasteiger partial charge in [0.25, 0.3) is 5.91 Å². The molecule has 0 saturated carbocycles. The van der Waals surface area contributed by atoms with Crippen LogP contribution in [0.5, 0.6) is 5.75 Å². The van der Waals surface area contributed by atoms with Crippen LogP contribution in [0.4, 0.5) is 0 Å². The second kappa shape index (κ2) is 6.30. The molecule has 0 bridgehead atoms. The lowest BCUT2D eigenvalue weighted by molar-refractivity contribution is 0.0935. The molecular weight excluding hydrogens is 314 g/mol. The minimum absolute atomic E-state index is 0.266. The molecule has 0 saturated heterocycles. The van der Waals surface area contributed by atoms with Crippen LogP contribution in [0.25, 0.3) is 11.0 Å². The van der Waals surface area contributed by atoms with E-state index in [0.717, 1.165) is 11.0 Å². The summed E-state index contributed by atoms with van der Waals surface area (Å²) < 4.78 is 5.21. The summed E-state index contributed by atoms with van der Waals surface area (Å²) in [5, 5.41) is 3.38. The summed E-state index contributed by atoms with van der Waals surface area (Å²) in [7, 11) is 1.52. The van der Waals surface area contributed by atoms with Gasteiger partial charge in [-0.15, -0.1) is 0 Å². The average molecular weight is 330 g/mol. The van der Waals surface area contributed by atoms with Gasteiger partial charge in [-0.05, 0) is 37.3 Å². The quantitative estimate of drug-likeness (QED) is 0.766. The van der Waals surface area contributed by atoms with E-state index in [-0.39, 0.29) is 11.9 Å². The number of halogens is 1. The molecule has 0 unspecified atom stereocenters. The van der Waals surface area contributed by atoms with E-state index in [4.69, 9.17) is 16.3 Å². The maximum absolute atomic E-state index is 12.5. The number of aromatic nitrogens is 2. The molecule has 0 aliphatic heterocycles. The second-order valence-electron chi connectivity index (χ2n) is 5.18. The Morgan fingerprint density at radius 3 is 2.83 bits per heavy atom. The minimum Gasteiger partial charge on any atom is -0.496 e. The molecule has 1 atom stereocenters. The molecule has 2 aromatic carbocycles. The molecule has 1 amide bonds. The molecular formula is C17H16ClN3O2. The van der Waals surface area contributed by atoms with Crippen molar-refractivity contribution in [2.24, 2.45) is 0 Å². The molecule has 0 spiro atoms. The third-order valence-electron chi connectivity index (χ3n) is 3.57. The summed E-state index contributed by atoms with van der Waals surface area (Å²) in [6.45, 7) is 1.87. The monoisotopic (exact) mass is 329 g/mol. The summed E-state index contributed by atoms with van der Waals surface area (Å²) in [6.07, 6.45) is 0. The van der Waals surface area contributed by atoms with Crippen molar-refractivity contribution in [2.75, 3.05) is 7.11 Å². The van der Waals surface area contributed by atoms with Crippen molar-refractivity contribution in [1.82, 2.24) is 15.3 Å². The highest BCUT2D eigenvalue weighted by Gasteiger charge is 2.18. The standard InChI is InChI=1S/C17H16ClN3O2/c1-10(16-20-13-5-3-4-6-14(13)21-16)19-17(22)12-9-11(18)7-8-15(12)23-2/h3-10H,1-2H3,(H,19,22)(H,20,21)/t10-/m0/s1. The normalized spacial score (nSPS) is 12.1. The van der Waals surface area contributed by atoms with Gasteiger partial charge in [0.2, 0.25) is 0 Å². The zero-order valence-corrected chi connectivity index (χ0v) is 13.5.